The van der Waals surface area contributed by atoms with Crippen molar-refractivity contribution >= 4 is 44.7 Å². The second kappa shape index (κ2) is 8.29. The Hall–Kier alpha value is -1.80. The van der Waals surface area contributed by atoms with E-state index in [9.17, 15) is 9.59 Å². The van der Waals surface area contributed by atoms with Gasteiger partial charge >= 0.3 is 5.97 Å². The van der Waals surface area contributed by atoms with Crippen LogP contribution in [0.2, 0.25) is 0 Å². The molecule has 3 rings (SSSR count). The molecule has 1 aromatic rings. The molecule has 8 heteroatoms. The fourth-order valence-corrected chi connectivity index (χ4v) is 4.85. The van der Waals surface area contributed by atoms with Gasteiger partial charge in [-0.05, 0) is 45.4 Å². The van der Waals surface area contributed by atoms with Gasteiger partial charge in [-0.25, -0.2) is 9.79 Å². The molecule has 2 heterocycles. The maximum atomic E-state index is 13.1. The minimum absolute atomic E-state index is 0.0550. The van der Waals surface area contributed by atoms with Gasteiger partial charge in [-0.2, -0.15) is 0 Å². The first-order chi connectivity index (χ1) is 13.3. The Morgan fingerprint density at radius 2 is 2.11 bits per heavy atom. The van der Waals surface area contributed by atoms with Crippen LogP contribution < -0.4 is 4.74 Å². The molecule has 2 atom stereocenters. The summed E-state index contributed by atoms with van der Waals surface area (Å²) >= 11 is 4.93. The average Bonchev–Trinajstić information content (AvgIpc) is 2.95. The second-order valence-electron chi connectivity index (χ2n) is 6.86. The van der Waals surface area contributed by atoms with Crippen molar-refractivity contribution in [1.82, 2.24) is 4.90 Å². The lowest BCUT2D eigenvalue weighted by Gasteiger charge is -2.34. The van der Waals surface area contributed by atoms with Crippen LogP contribution in [-0.2, 0) is 14.3 Å². The Morgan fingerprint density at radius 1 is 1.39 bits per heavy atom. The fourth-order valence-electron chi connectivity index (χ4n) is 3.34. The first-order valence-electron chi connectivity index (χ1n) is 9.12. The number of methoxy groups -OCH3 is 1. The molecular formula is C20H23BrN2O4S. The number of aliphatic imine (C=N–C) groups is 1. The summed E-state index contributed by atoms with van der Waals surface area (Å²) < 4.78 is 11.9. The molecule has 150 valence electrons. The molecule has 0 spiro atoms. The highest BCUT2D eigenvalue weighted by Gasteiger charge is 2.48. The molecule has 1 aromatic carbocycles. The molecule has 1 amide bonds. The van der Waals surface area contributed by atoms with Gasteiger partial charge in [0.1, 0.15) is 11.8 Å². The molecule has 0 bridgehead atoms. The smallest absolute Gasteiger partial charge is 0.338 e. The molecule has 2 aliphatic heterocycles. The molecule has 0 aromatic heterocycles. The maximum absolute atomic E-state index is 13.1. The van der Waals surface area contributed by atoms with Crippen molar-refractivity contribution in [3.8, 4) is 5.75 Å². The molecular weight excluding hydrogens is 444 g/mol. The van der Waals surface area contributed by atoms with E-state index in [-0.39, 0.29) is 17.3 Å². The van der Waals surface area contributed by atoms with Gasteiger partial charge in [0.15, 0.2) is 5.17 Å². The molecule has 1 fully saturated rings. The Morgan fingerprint density at radius 3 is 2.71 bits per heavy atom. The fraction of sp³-hybridized carbons (Fsp3) is 0.450. The maximum Gasteiger partial charge on any atom is 0.338 e. The number of allylic oxidation sites excluding steroid dienone is 1. The van der Waals surface area contributed by atoms with Crippen molar-refractivity contribution in [3.05, 3.63) is 39.5 Å². The second-order valence-corrected chi connectivity index (χ2v) is 8.94. The SMILES string of the molecule is CCC1SC2=NC(C)=C(C(=O)OC(C)C)C(c3cc(Br)ccc3OC)N2C1=O. The van der Waals surface area contributed by atoms with Crippen LogP contribution in [0.15, 0.2) is 38.9 Å². The zero-order valence-corrected chi connectivity index (χ0v) is 18.9. The highest BCUT2D eigenvalue weighted by Crippen LogP contribution is 2.46. The molecule has 1 saturated heterocycles. The van der Waals surface area contributed by atoms with Gasteiger partial charge in [0, 0.05) is 10.0 Å². The van der Waals surface area contributed by atoms with Crippen LogP contribution in [-0.4, -0.2) is 40.4 Å². The number of nitrogens with zero attached hydrogens (tertiary/aromatic N) is 2. The Balaban J connectivity index is 2.21. The van der Waals surface area contributed by atoms with Crippen LogP contribution in [0.1, 0.15) is 45.7 Å². The number of carbonyl (C=O) groups excluding carboxylic acids is 2. The third kappa shape index (κ3) is 3.72. The van der Waals surface area contributed by atoms with E-state index >= 15 is 0 Å². The highest BCUT2D eigenvalue weighted by atomic mass is 79.9. The van der Waals surface area contributed by atoms with Gasteiger partial charge in [-0.1, -0.05) is 34.6 Å². The summed E-state index contributed by atoms with van der Waals surface area (Å²) in [6, 6.07) is 4.90. The lowest BCUT2D eigenvalue weighted by atomic mass is 9.93. The van der Waals surface area contributed by atoms with Gasteiger partial charge < -0.3 is 9.47 Å². The third-order valence-corrected chi connectivity index (χ3v) is 6.38. The van der Waals surface area contributed by atoms with E-state index in [1.54, 1.807) is 32.8 Å². The summed E-state index contributed by atoms with van der Waals surface area (Å²) in [6.45, 7) is 7.34. The number of carbonyl (C=O) groups is 2. The number of halogens is 1. The Bertz CT molecular complexity index is 881. The van der Waals surface area contributed by atoms with Crippen LogP contribution in [0.25, 0.3) is 0 Å². The van der Waals surface area contributed by atoms with Gasteiger partial charge in [0.2, 0.25) is 5.91 Å². The lowest BCUT2D eigenvalue weighted by molar-refractivity contribution is -0.143. The molecule has 0 aliphatic carbocycles. The summed E-state index contributed by atoms with van der Waals surface area (Å²) in [5.74, 6) is 0.0653. The van der Waals surface area contributed by atoms with E-state index in [4.69, 9.17) is 9.47 Å². The van der Waals surface area contributed by atoms with E-state index < -0.39 is 12.0 Å². The standard InChI is InChI=1S/C20H23BrN2O4S/c1-6-15-18(24)23-17(13-9-12(21)7-8-14(13)26-5)16(19(25)27-10(2)3)11(4)22-20(23)28-15/h7-10,15,17H,6H2,1-5H3. The average molecular weight is 467 g/mol. The number of hydrogen-bond acceptors (Lipinski definition) is 6. The van der Waals surface area contributed by atoms with Crippen molar-refractivity contribution in [2.75, 3.05) is 7.11 Å². The van der Waals surface area contributed by atoms with Gasteiger partial charge in [-0.15, -0.1) is 0 Å². The number of esters is 1. The monoisotopic (exact) mass is 466 g/mol. The molecule has 0 radical (unpaired) electrons. The number of amides is 1. The highest BCUT2D eigenvalue weighted by molar-refractivity contribution is 9.10. The van der Waals surface area contributed by atoms with Crippen molar-refractivity contribution < 1.29 is 19.1 Å². The summed E-state index contributed by atoms with van der Waals surface area (Å²) in [7, 11) is 1.57. The number of ether oxygens (including phenoxy) is 2. The van der Waals surface area contributed by atoms with Crippen molar-refractivity contribution in [2.45, 2.75) is 51.5 Å². The predicted molar refractivity (Wildman–Crippen MR) is 113 cm³/mol. The minimum atomic E-state index is -0.650. The van der Waals surface area contributed by atoms with Crippen molar-refractivity contribution in [2.24, 2.45) is 4.99 Å². The zero-order chi connectivity index (χ0) is 20.6. The first kappa shape index (κ1) is 20.9. The number of amidine groups is 1. The number of hydrogen-bond donors (Lipinski definition) is 0. The number of fused-ring (bicyclic) bond motifs is 1. The van der Waals surface area contributed by atoms with E-state index in [1.807, 2.05) is 25.1 Å². The predicted octanol–water partition coefficient (Wildman–Crippen LogP) is 4.45. The summed E-state index contributed by atoms with van der Waals surface area (Å²) in [4.78, 5) is 32.3. The molecule has 28 heavy (non-hydrogen) atoms. The summed E-state index contributed by atoms with van der Waals surface area (Å²) in [5.41, 5.74) is 1.63. The zero-order valence-electron chi connectivity index (χ0n) is 16.5. The van der Waals surface area contributed by atoms with E-state index in [0.717, 1.165) is 4.47 Å². The third-order valence-electron chi connectivity index (χ3n) is 4.57. The normalized spacial score (nSPS) is 21.8. The number of thioether (sulfide) groups is 1. The number of rotatable bonds is 5. The van der Waals surface area contributed by atoms with Gasteiger partial charge in [-0.3, -0.25) is 9.69 Å². The molecule has 0 N–H and O–H groups in total. The van der Waals surface area contributed by atoms with Crippen molar-refractivity contribution in [1.29, 1.82) is 0 Å². The van der Waals surface area contributed by atoms with Gasteiger partial charge in [0.25, 0.3) is 0 Å². The quantitative estimate of drug-likeness (QED) is 0.599. The Labute approximate surface area is 177 Å². The minimum Gasteiger partial charge on any atom is -0.496 e. The van der Waals surface area contributed by atoms with Crippen LogP contribution in [0, 0.1) is 0 Å². The molecule has 2 unspecified atom stereocenters. The van der Waals surface area contributed by atoms with Crippen molar-refractivity contribution in [3.63, 3.8) is 0 Å². The Kier molecular flexibility index (Phi) is 6.19. The first-order valence-corrected chi connectivity index (χ1v) is 10.8. The van der Waals surface area contributed by atoms with E-state index in [1.165, 1.54) is 11.8 Å². The molecule has 6 nitrogen and oxygen atoms in total. The summed E-state index contributed by atoms with van der Waals surface area (Å²) in [5, 5.41) is 0.398. The van der Waals surface area contributed by atoms with Crippen LogP contribution in [0.5, 0.6) is 5.75 Å². The topological polar surface area (TPSA) is 68.2 Å². The van der Waals surface area contributed by atoms with Crippen LogP contribution in [0.3, 0.4) is 0 Å². The van der Waals surface area contributed by atoms with Crippen LogP contribution >= 0.6 is 27.7 Å². The number of benzene rings is 1. The summed E-state index contributed by atoms with van der Waals surface area (Å²) in [6.07, 6.45) is 0.405. The molecule has 0 saturated carbocycles. The lowest BCUT2D eigenvalue weighted by Crippen LogP contribution is -2.41. The molecule has 2 aliphatic rings. The van der Waals surface area contributed by atoms with Gasteiger partial charge in [0.05, 0.1) is 29.7 Å². The van der Waals surface area contributed by atoms with Crippen LogP contribution in [0.4, 0.5) is 0 Å². The van der Waals surface area contributed by atoms with E-state index in [2.05, 4.69) is 20.9 Å². The largest absolute Gasteiger partial charge is 0.496 e. The van der Waals surface area contributed by atoms with E-state index in [0.29, 0.717) is 34.2 Å².